The average molecular weight is 244 g/mol. The van der Waals surface area contributed by atoms with E-state index in [-0.39, 0.29) is 5.75 Å². The van der Waals surface area contributed by atoms with Gasteiger partial charge < -0.3 is 4.74 Å². The molecule has 6 heteroatoms. The summed E-state index contributed by atoms with van der Waals surface area (Å²) in [5, 5.41) is 3.90. The van der Waals surface area contributed by atoms with Crippen molar-refractivity contribution in [1.82, 2.24) is 9.61 Å². The smallest absolute Gasteiger partial charge is 0.433 e. The molecule has 17 heavy (non-hydrogen) atoms. The molecule has 0 amide bonds. The van der Waals surface area contributed by atoms with E-state index < -0.39 is 11.9 Å². The van der Waals surface area contributed by atoms with Crippen molar-refractivity contribution in [3.63, 3.8) is 0 Å². The van der Waals surface area contributed by atoms with Crippen molar-refractivity contribution in [3.8, 4) is 5.75 Å². The fraction of sp³-hybridized carbons (Fsp3) is 0.364. The summed E-state index contributed by atoms with van der Waals surface area (Å²) >= 11 is 0. The zero-order valence-corrected chi connectivity index (χ0v) is 9.59. The Morgan fingerprint density at radius 2 is 1.88 bits per heavy atom. The van der Waals surface area contributed by atoms with Gasteiger partial charge in [0.1, 0.15) is 11.4 Å². The van der Waals surface area contributed by atoms with Crippen molar-refractivity contribution >= 4 is 5.52 Å². The molecule has 0 bridgehead atoms. The van der Waals surface area contributed by atoms with Crippen molar-refractivity contribution in [3.05, 3.63) is 29.1 Å². The van der Waals surface area contributed by atoms with Crippen LogP contribution in [0.1, 0.15) is 17.0 Å². The summed E-state index contributed by atoms with van der Waals surface area (Å²) in [6.45, 7) is 3.41. The van der Waals surface area contributed by atoms with Crippen LogP contribution in [-0.4, -0.2) is 16.7 Å². The van der Waals surface area contributed by atoms with Crippen LogP contribution in [0.15, 0.2) is 12.1 Å². The van der Waals surface area contributed by atoms with E-state index in [1.165, 1.54) is 7.11 Å². The number of ether oxygens (including phenoxy) is 1. The standard InChI is InChI=1S/C11H11F3N2O/c1-6-7(2)15-16-9(6)4-8(17-3)5-10(16)11(12,13)14/h4-5H,1-3H3. The lowest BCUT2D eigenvalue weighted by Gasteiger charge is -2.11. The minimum Gasteiger partial charge on any atom is -0.497 e. The minimum atomic E-state index is -4.46. The molecule has 0 aliphatic carbocycles. The van der Waals surface area contributed by atoms with Gasteiger partial charge >= 0.3 is 6.18 Å². The Hall–Kier alpha value is -1.72. The number of aromatic nitrogens is 2. The molecule has 0 fully saturated rings. The topological polar surface area (TPSA) is 26.5 Å². The molecule has 92 valence electrons. The molecular weight excluding hydrogens is 233 g/mol. The van der Waals surface area contributed by atoms with Crippen LogP contribution in [0.4, 0.5) is 13.2 Å². The summed E-state index contributed by atoms with van der Waals surface area (Å²) in [4.78, 5) is 0. The minimum absolute atomic E-state index is 0.174. The summed E-state index contributed by atoms with van der Waals surface area (Å²) < 4.78 is 44.4. The van der Waals surface area contributed by atoms with E-state index in [0.29, 0.717) is 11.2 Å². The van der Waals surface area contributed by atoms with Gasteiger partial charge in [0.25, 0.3) is 0 Å². The molecule has 0 aliphatic heterocycles. The van der Waals surface area contributed by atoms with Crippen LogP contribution in [0.3, 0.4) is 0 Å². The lowest BCUT2D eigenvalue weighted by Crippen LogP contribution is -2.12. The number of pyridine rings is 1. The van der Waals surface area contributed by atoms with Crippen LogP contribution >= 0.6 is 0 Å². The first-order chi connectivity index (χ1) is 7.84. The molecular formula is C11H11F3N2O. The van der Waals surface area contributed by atoms with E-state index >= 15 is 0 Å². The van der Waals surface area contributed by atoms with Gasteiger partial charge in [0.15, 0.2) is 0 Å². The van der Waals surface area contributed by atoms with Crippen LogP contribution in [0.25, 0.3) is 5.52 Å². The average Bonchev–Trinajstić information content (AvgIpc) is 2.53. The van der Waals surface area contributed by atoms with Crippen LogP contribution in [-0.2, 0) is 6.18 Å². The lowest BCUT2D eigenvalue weighted by atomic mass is 10.2. The first-order valence-electron chi connectivity index (χ1n) is 4.95. The van der Waals surface area contributed by atoms with E-state index in [1.807, 2.05) is 0 Å². The van der Waals surface area contributed by atoms with E-state index in [2.05, 4.69) is 5.10 Å². The van der Waals surface area contributed by atoms with Gasteiger partial charge in [0, 0.05) is 12.1 Å². The second kappa shape index (κ2) is 3.65. The monoisotopic (exact) mass is 244 g/mol. The highest BCUT2D eigenvalue weighted by Crippen LogP contribution is 2.33. The second-order valence-corrected chi connectivity index (χ2v) is 3.79. The van der Waals surface area contributed by atoms with E-state index in [1.54, 1.807) is 19.9 Å². The molecule has 2 rings (SSSR count). The molecule has 0 aliphatic rings. The number of halogens is 3. The van der Waals surface area contributed by atoms with Gasteiger partial charge in [-0.3, -0.25) is 0 Å². The molecule has 0 saturated carbocycles. The number of hydrogen-bond donors (Lipinski definition) is 0. The molecule has 0 atom stereocenters. The zero-order chi connectivity index (χ0) is 12.8. The molecule has 0 aromatic carbocycles. The van der Waals surface area contributed by atoms with Crippen molar-refractivity contribution < 1.29 is 17.9 Å². The van der Waals surface area contributed by atoms with Gasteiger partial charge in [-0.2, -0.15) is 18.3 Å². The fourth-order valence-corrected chi connectivity index (χ4v) is 1.67. The summed E-state index contributed by atoms with van der Waals surface area (Å²) in [6.07, 6.45) is -4.46. The number of aryl methyl sites for hydroxylation is 2. The number of methoxy groups -OCH3 is 1. The van der Waals surface area contributed by atoms with E-state index in [4.69, 9.17) is 4.74 Å². The van der Waals surface area contributed by atoms with Crippen molar-refractivity contribution in [2.45, 2.75) is 20.0 Å². The number of fused-ring (bicyclic) bond motifs is 1. The third kappa shape index (κ3) is 1.83. The summed E-state index contributed by atoms with van der Waals surface area (Å²) in [7, 11) is 1.34. The fourth-order valence-electron chi connectivity index (χ4n) is 1.67. The van der Waals surface area contributed by atoms with E-state index in [9.17, 15) is 13.2 Å². The molecule has 0 saturated heterocycles. The number of alkyl halides is 3. The van der Waals surface area contributed by atoms with Crippen LogP contribution < -0.4 is 4.74 Å². The zero-order valence-electron chi connectivity index (χ0n) is 9.59. The maximum absolute atomic E-state index is 12.9. The Morgan fingerprint density at radius 1 is 1.24 bits per heavy atom. The van der Waals surface area contributed by atoms with Gasteiger partial charge in [-0.1, -0.05) is 0 Å². The van der Waals surface area contributed by atoms with Gasteiger partial charge in [-0.25, -0.2) is 4.52 Å². The normalized spacial score (nSPS) is 12.1. The molecule has 0 unspecified atom stereocenters. The van der Waals surface area contributed by atoms with Gasteiger partial charge in [0.2, 0.25) is 0 Å². The molecule has 2 aromatic rings. The Morgan fingerprint density at radius 3 is 2.41 bits per heavy atom. The van der Waals surface area contributed by atoms with Crippen LogP contribution in [0.5, 0.6) is 5.75 Å². The maximum Gasteiger partial charge on any atom is 0.433 e. The Kier molecular flexibility index (Phi) is 2.52. The van der Waals surface area contributed by atoms with Crippen LogP contribution in [0, 0.1) is 13.8 Å². The molecule has 2 heterocycles. The molecule has 0 spiro atoms. The Balaban J connectivity index is 2.86. The highest BCUT2D eigenvalue weighted by Gasteiger charge is 2.35. The van der Waals surface area contributed by atoms with E-state index in [0.717, 1.165) is 16.1 Å². The summed E-state index contributed by atoms with van der Waals surface area (Å²) in [5.74, 6) is 0.174. The van der Waals surface area contributed by atoms with Gasteiger partial charge in [-0.15, -0.1) is 0 Å². The molecule has 0 radical (unpaired) electrons. The van der Waals surface area contributed by atoms with Crippen molar-refractivity contribution in [2.75, 3.05) is 7.11 Å². The Bertz CT molecular complexity index is 572. The number of rotatable bonds is 1. The van der Waals surface area contributed by atoms with Crippen LogP contribution in [0.2, 0.25) is 0 Å². The first kappa shape index (κ1) is 11.8. The summed E-state index contributed by atoms with van der Waals surface area (Å²) in [6, 6.07) is 2.49. The predicted octanol–water partition coefficient (Wildman–Crippen LogP) is 2.98. The molecule has 2 aromatic heterocycles. The summed E-state index contributed by atoms with van der Waals surface area (Å²) in [5.41, 5.74) is 0.871. The van der Waals surface area contributed by atoms with Crippen molar-refractivity contribution in [1.29, 1.82) is 0 Å². The maximum atomic E-state index is 12.9. The second-order valence-electron chi connectivity index (χ2n) is 3.79. The molecule has 0 N–H and O–H groups in total. The largest absolute Gasteiger partial charge is 0.497 e. The quantitative estimate of drug-likeness (QED) is 0.771. The highest BCUT2D eigenvalue weighted by atomic mass is 19.4. The first-order valence-corrected chi connectivity index (χ1v) is 4.95. The van der Waals surface area contributed by atoms with Gasteiger partial charge in [-0.05, 0) is 19.4 Å². The molecule has 3 nitrogen and oxygen atoms in total. The lowest BCUT2D eigenvalue weighted by molar-refractivity contribution is -0.142. The predicted molar refractivity (Wildman–Crippen MR) is 56.2 cm³/mol. The number of hydrogen-bond acceptors (Lipinski definition) is 2. The van der Waals surface area contributed by atoms with Gasteiger partial charge in [0.05, 0.1) is 18.3 Å². The SMILES string of the molecule is COc1cc(C(F)(F)F)n2nc(C)c(C)c2c1. The third-order valence-corrected chi connectivity index (χ3v) is 2.72. The van der Waals surface area contributed by atoms with Crippen molar-refractivity contribution in [2.24, 2.45) is 0 Å². The highest BCUT2D eigenvalue weighted by molar-refractivity contribution is 5.60. The number of nitrogens with zero attached hydrogens (tertiary/aromatic N) is 2. The third-order valence-electron chi connectivity index (χ3n) is 2.72. The Labute approximate surface area is 95.8 Å².